The molecule has 1 amide bonds. The third-order valence-corrected chi connectivity index (χ3v) is 4.41. The van der Waals surface area contributed by atoms with Crippen LogP contribution in [-0.2, 0) is 4.74 Å². The van der Waals surface area contributed by atoms with Crippen molar-refractivity contribution in [2.75, 3.05) is 13.7 Å². The molecule has 1 saturated heterocycles. The highest BCUT2D eigenvalue weighted by Gasteiger charge is 2.39. The molecule has 1 aliphatic rings. The molecule has 0 aliphatic carbocycles. The number of amides is 1. The fourth-order valence-electron chi connectivity index (χ4n) is 3.16. The van der Waals surface area contributed by atoms with Gasteiger partial charge in [0.15, 0.2) is 5.82 Å². The zero-order chi connectivity index (χ0) is 16.7. The maximum Gasteiger partial charge on any atom is 0.256 e. The van der Waals surface area contributed by atoms with Gasteiger partial charge in [-0.05, 0) is 19.1 Å². The summed E-state index contributed by atoms with van der Waals surface area (Å²) in [4.78, 5) is 26.6. The van der Waals surface area contributed by atoms with Crippen LogP contribution >= 0.6 is 0 Å². The number of hydrogen-bond donors (Lipinski definition) is 2. The van der Waals surface area contributed by atoms with E-state index in [0.717, 1.165) is 16.9 Å². The predicted octanol–water partition coefficient (Wildman–Crippen LogP) is 1.59. The topological polar surface area (TPSA) is 99.8 Å². The Hall–Kier alpha value is -2.74. The number of fused-ring (bicyclic) bond motifs is 1. The van der Waals surface area contributed by atoms with Crippen LogP contribution in [0.4, 0.5) is 0 Å². The van der Waals surface area contributed by atoms with Crippen LogP contribution in [0.2, 0.25) is 0 Å². The second-order valence-corrected chi connectivity index (χ2v) is 5.98. The number of likely N-dealkylation sites (tertiary alicyclic amines) is 1. The Bertz CT molecular complexity index is 885. The zero-order valence-corrected chi connectivity index (χ0v) is 13.5. The quantitative estimate of drug-likeness (QED) is 0.761. The van der Waals surface area contributed by atoms with Crippen LogP contribution in [-0.4, -0.2) is 55.7 Å². The molecule has 0 unspecified atom stereocenters. The van der Waals surface area contributed by atoms with E-state index >= 15 is 0 Å². The summed E-state index contributed by atoms with van der Waals surface area (Å²) in [5, 5.41) is 7.07. The van der Waals surface area contributed by atoms with Crippen LogP contribution in [0.3, 0.4) is 0 Å². The number of hydrogen-bond acceptors (Lipinski definition) is 5. The molecule has 0 saturated carbocycles. The van der Waals surface area contributed by atoms with Crippen molar-refractivity contribution < 1.29 is 9.53 Å². The largest absolute Gasteiger partial charge is 0.380 e. The average molecular weight is 326 g/mol. The number of aromatic nitrogens is 5. The van der Waals surface area contributed by atoms with Crippen LogP contribution in [0.15, 0.2) is 24.5 Å². The number of ether oxygens (including phenoxy) is 1. The van der Waals surface area contributed by atoms with Crippen molar-refractivity contribution in [3.05, 3.63) is 41.7 Å². The third-order valence-electron chi connectivity index (χ3n) is 4.41. The van der Waals surface area contributed by atoms with E-state index in [0.29, 0.717) is 24.4 Å². The van der Waals surface area contributed by atoms with Gasteiger partial charge in [-0.15, -0.1) is 0 Å². The molecule has 4 rings (SSSR count). The maximum absolute atomic E-state index is 13.0. The fourth-order valence-corrected chi connectivity index (χ4v) is 3.16. The number of carbonyl (C=O) groups excluding carboxylic acids is 1. The highest BCUT2D eigenvalue weighted by Crippen LogP contribution is 2.32. The minimum absolute atomic E-state index is 0.0278. The van der Waals surface area contributed by atoms with Gasteiger partial charge in [0.05, 0.1) is 28.7 Å². The van der Waals surface area contributed by atoms with Gasteiger partial charge in [-0.3, -0.25) is 14.9 Å². The number of nitrogens with zero attached hydrogens (tertiary/aromatic N) is 4. The number of methoxy groups -OCH3 is 1. The van der Waals surface area contributed by atoms with Crippen molar-refractivity contribution in [2.24, 2.45) is 0 Å². The lowest BCUT2D eigenvalue weighted by Gasteiger charge is -2.22. The minimum atomic E-state index is -0.202. The van der Waals surface area contributed by atoms with Gasteiger partial charge in [-0.2, -0.15) is 5.10 Å². The van der Waals surface area contributed by atoms with Gasteiger partial charge < -0.3 is 14.6 Å². The zero-order valence-electron chi connectivity index (χ0n) is 13.5. The summed E-state index contributed by atoms with van der Waals surface area (Å²) in [5.74, 6) is 1.26. The second-order valence-electron chi connectivity index (χ2n) is 5.98. The number of pyridine rings is 1. The molecule has 0 aromatic carbocycles. The molecule has 1 fully saturated rings. The molecular formula is C16H18N6O2. The summed E-state index contributed by atoms with van der Waals surface area (Å²) in [5.41, 5.74) is 2.22. The molecule has 8 nitrogen and oxygen atoms in total. The predicted molar refractivity (Wildman–Crippen MR) is 86.4 cm³/mol. The smallest absolute Gasteiger partial charge is 0.256 e. The molecular weight excluding hydrogens is 308 g/mol. The molecule has 0 bridgehead atoms. The molecule has 3 aromatic heterocycles. The molecule has 1 aliphatic heterocycles. The summed E-state index contributed by atoms with van der Waals surface area (Å²) in [7, 11) is 1.66. The fraction of sp³-hybridized carbons (Fsp3) is 0.375. The van der Waals surface area contributed by atoms with Gasteiger partial charge in [0, 0.05) is 32.5 Å². The standard InChI is InChI=1S/C16H18N6O2/c1-9-19-15(21-20-9)14-6-11(24-2)8-22(14)16(23)10-5-13-12(18-7-10)3-4-17-13/h3-5,7,11,14,17H,6,8H2,1-2H3,(H,19,20,21)/t11-,14+/m1/s1. The summed E-state index contributed by atoms with van der Waals surface area (Å²) < 4.78 is 5.46. The van der Waals surface area contributed by atoms with Gasteiger partial charge >= 0.3 is 0 Å². The Morgan fingerprint density at radius 2 is 2.33 bits per heavy atom. The van der Waals surface area contributed by atoms with Gasteiger partial charge in [-0.25, -0.2) is 4.98 Å². The summed E-state index contributed by atoms with van der Waals surface area (Å²) in [6, 6.07) is 3.50. The van der Waals surface area contributed by atoms with Gasteiger partial charge in [0.25, 0.3) is 5.91 Å². The highest BCUT2D eigenvalue weighted by molar-refractivity contribution is 5.97. The Balaban J connectivity index is 1.67. The molecule has 2 N–H and O–H groups in total. The van der Waals surface area contributed by atoms with Crippen molar-refractivity contribution in [1.29, 1.82) is 0 Å². The van der Waals surface area contributed by atoms with Gasteiger partial charge in [0.2, 0.25) is 0 Å². The van der Waals surface area contributed by atoms with E-state index in [1.54, 1.807) is 18.2 Å². The lowest BCUT2D eigenvalue weighted by molar-refractivity contribution is 0.0684. The number of aryl methyl sites for hydroxylation is 1. The molecule has 8 heteroatoms. The first-order chi connectivity index (χ1) is 11.7. The van der Waals surface area contributed by atoms with Crippen molar-refractivity contribution in [1.82, 2.24) is 30.0 Å². The van der Waals surface area contributed by atoms with Gasteiger partial charge in [-0.1, -0.05) is 0 Å². The van der Waals surface area contributed by atoms with Crippen LogP contribution in [0.25, 0.3) is 11.0 Å². The summed E-state index contributed by atoms with van der Waals surface area (Å²) in [6.45, 7) is 2.35. The van der Waals surface area contributed by atoms with E-state index < -0.39 is 0 Å². The normalized spacial score (nSPS) is 20.8. The molecule has 4 heterocycles. The Morgan fingerprint density at radius 1 is 1.46 bits per heavy atom. The monoisotopic (exact) mass is 326 g/mol. The molecule has 3 aromatic rings. The summed E-state index contributed by atoms with van der Waals surface area (Å²) in [6.07, 6.45) is 4.07. The number of nitrogens with one attached hydrogen (secondary N) is 2. The Morgan fingerprint density at radius 3 is 3.08 bits per heavy atom. The SMILES string of the molecule is CO[C@@H]1C[C@@H](c2n[nH]c(C)n2)N(C(=O)c2cnc3cc[nH]c3c2)C1. The molecule has 2 atom stereocenters. The van der Waals surface area contributed by atoms with Gasteiger partial charge in [0.1, 0.15) is 5.82 Å². The second kappa shape index (κ2) is 5.72. The van der Waals surface area contributed by atoms with Crippen LogP contribution in [0, 0.1) is 6.92 Å². The van der Waals surface area contributed by atoms with E-state index in [2.05, 4.69) is 25.1 Å². The van der Waals surface area contributed by atoms with E-state index in [4.69, 9.17) is 4.74 Å². The van der Waals surface area contributed by atoms with E-state index in [1.807, 2.05) is 25.3 Å². The van der Waals surface area contributed by atoms with Crippen molar-refractivity contribution in [3.63, 3.8) is 0 Å². The number of H-pyrrole nitrogens is 2. The average Bonchev–Trinajstić information content (AvgIpc) is 3.31. The summed E-state index contributed by atoms with van der Waals surface area (Å²) >= 11 is 0. The van der Waals surface area contributed by atoms with Crippen LogP contribution in [0.1, 0.15) is 34.5 Å². The molecule has 24 heavy (non-hydrogen) atoms. The van der Waals surface area contributed by atoms with Crippen molar-refractivity contribution >= 4 is 16.9 Å². The first-order valence-corrected chi connectivity index (χ1v) is 7.81. The Kier molecular flexibility index (Phi) is 3.53. The first kappa shape index (κ1) is 14.8. The number of carbonyl (C=O) groups is 1. The third kappa shape index (κ3) is 2.44. The number of aromatic amines is 2. The molecule has 0 spiro atoms. The van der Waals surface area contributed by atoms with E-state index in [1.165, 1.54) is 0 Å². The van der Waals surface area contributed by atoms with E-state index in [-0.39, 0.29) is 18.1 Å². The van der Waals surface area contributed by atoms with Crippen molar-refractivity contribution in [2.45, 2.75) is 25.5 Å². The molecule has 124 valence electrons. The lowest BCUT2D eigenvalue weighted by atomic mass is 10.1. The van der Waals surface area contributed by atoms with Crippen LogP contribution < -0.4 is 0 Å². The molecule has 0 radical (unpaired) electrons. The van der Waals surface area contributed by atoms with E-state index in [9.17, 15) is 4.79 Å². The lowest BCUT2D eigenvalue weighted by Crippen LogP contribution is -2.32. The first-order valence-electron chi connectivity index (χ1n) is 7.81. The number of rotatable bonds is 3. The maximum atomic E-state index is 13.0. The van der Waals surface area contributed by atoms with Crippen molar-refractivity contribution in [3.8, 4) is 0 Å². The van der Waals surface area contributed by atoms with Crippen LogP contribution in [0.5, 0.6) is 0 Å². The Labute approximate surface area is 138 Å². The highest BCUT2D eigenvalue weighted by atomic mass is 16.5. The minimum Gasteiger partial charge on any atom is -0.380 e.